The fourth-order valence-corrected chi connectivity index (χ4v) is 0.856. The van der Waals surface area contributed by atoms with Gasteiger partial charge in [0.2, 0.25) is 0 Å². The van der Waals surface area contributed by atoms with Crippen molar-refractivity contribution in [3.8, 4) is 0 Å². The van der Waals surface area contributed by atoms with Crippen molar-refractivity contribution in [1.29, 1.82) is 0 Å². The average molecular weight is 195 g/mol. The SMILES string of the molecule is CCOC(=O)CNNc1ccccn1. The van der Waals surface area contributed by atoms with Crippen molar-refractivity contribution >= 4 is 11.8 Å². The Kier molecular flexibility index (Phi) is 4.43. The van der Waals surface area contributed by atoms with Gasteiger partial charge in [0, 0.05) is 6.20 Å². The highest BCUT2D eigenvalue weighted by molar-refractivity contribution is 5.71. The number of nitrogens with zero attached hydrogens (tertiary/aromatic N) is 1. The Morgan fingerprint density at radius 1 is 1.57 bits per heavy atom. The first-order valence-electron chi connectivity index (χ1n) is 4.38. The molecule has 0 bridgehead atoms. The fraction of sp³-hybridized carbons (Fsp3) is 0.333. The number of aromatic nitrogens is 1. The Morgan fingerprint density at radius 3 is 3.07 bits per heavy atom. The molecule has 0 saturated carbocycles. The predicted octanol–water partition coefficient (Wildman–Crippen LogP) is 0.561. The Hall–Kier alpha value is -1.62. The Bertz CT molecular complexity index is 277. The zero-order valence-electron chi connectivity index (χ0n) is 7.99. The van der Waals surface area contributed by atoms with Crippen molar-refractivity contribution in [2.45, 2.75) is 6.92 Å². The summed E-state index contributed by atoms with van der Waals surface area (Å²) in [7, 11) is 0. The highest BCUT2D eigenvalue weighted by atomic mass is 16.5. The van der Waals surface area contributed by atoms with E-state index in [1.165, 1.54) is 0 Å². The summed E-state index contributed by atoms with van der Waals surface area (Å²) < 4.78 is 4.72. The van der Waals surface area contributed by atoms with Gasteiger partial charge in [-0.05, 0) is 19.1 Å². The van der Waals surface area contributed by atoms with Crippen LogP contribution in [0.5, 0.6) is 0 Å². The first-order valence-corrected chi connectivity index (χ1v) is 4.38. The molecule has 5 heteroatoms. The first-order chi connectivity index (χ1) is 6.83. The van der Waals surface area contributed by atoms with Crippen LogP contribution >= 0.6 is 0 Å². The summed E-state index contributed by atoms with van der Waals surface area (Å²) in [6.45, 7) is 2.28. The lowest BCUT2D eigenvalue weighted by Crippen LogP contribution is -2.29. The molecule has 1 rings (SSSR count). The van der Waals surface area contributed by atoms with E-state index in [1.54, 1.807) is 19.2 Å². The quantitative estimate of drug-likeness (QED) is 0.531. The van der Waals surface area contributed by atoms with Gasteiger partial charge in [-0.2, -0.15) is 0 Å². The largest absolute Gasteiger partial charge is 0.465 e. The second kappa shape index (κ2) is 5.93. The minimum Gasteiger partial charge on any atom is -0.465 e. The van der Waals surface area contributed by atoms with Gasteiger partial charge in [-0.25, -0.2) is 10.4 Å². The van der Waals surface area contributed by atoms with Gasteiger partial charge < -0.3 is 10.2 Å². The third-order valence-corrected chi connectivity index (χ3v) is 1.42. The van der Waals surface area contributed by atoms with Crippen LogP contribution < -0.4 is 10.9 Å². The number of hydrogen-bond donors (Lipinski definition) is 2. The predicted molar refractivity (Wildman–Crippen MR) is 52.5 cm³/mol. The maximum absolute atomic E-state index is 10.9. The van der Waals surface area contributed by atoms with Crippen LogP contribution in [0.4, 0.5) is 5.82 Å². The molecule has 0 aromatic carbocycles. The normalized spacial score (nSPS) is 9.50. The summed E-state index contributed by atoms with van der Waals surface area (Å²) in [5, 5.41) is 0. The molecule has 0 radical (unpaired) electrons. The monoisotopic (exact) mass is 195 g/mol. The Morgan fingerprint density at radius 2 is 2.43 bits per heavy atom. The van der Waals surface area contributed by atoms with Gasteiger partial charge in [0.15, 0.2) is 0 Å². The summed E-state index contributed by atoms with van der Waals surface area (Å²) in [6.07, 6.45) is 1.66. The van der Waals surface area contributed by atoms with E-state index in [2.05, 4.69) is 15.8 Å². The molecule has 1 aromatic heterocycles. The standard InChI is InChI=1S/C9H13N3O2/c1-2-14-9(13)7-11-12-8-5-3-4-6-10-8/h3-6,11H,2,7H2,1H3,(H,10,12). The van der Waals surface area contributed by atoms with Crippen LogP contribution in [0.25, 0.3) is 0 Å². The molecule has 14 heavy (non-hydrogen) atoms. The van der Waals surface area contributed by atoms with Gasteiger partial charge in [0.05, 0.1) is 6.61 Å². The summed E-state index contributed by atoms with van der Waals surface area (Å²) in [5.41, 5.74) is 5.47. The summed E-state index contributed by atoms with van der Waals surface area (Å²) in [5.74, 6) is 0.368. The van der Waals surface area contributed by atoms with Crippen LogP contribution in [-0.4, -0.2) is 24.1 Å². The number of rotatable bonds is 5. The van der Waals surface area contributed by atoms with Gasteiger partial charge in [-0.1, -0.05) is 6.07 Å². The molecule has 0 aliphatic carbocycles. The topological polar surface area (TPSA) is 63.2 Å². The van der Waals surface area contributed by atoms with Crippen LogP contribution in [0, 0.1) is 0 Å². The van der Waals surface area contributed by atoms with Gasteiger partial charge in [-0.15, -0.1) is 0 Å². The van der Waals surface area contributed by atoms with E-state index >= 15 is 0 Å². The van der Waals surface area contributed by atoms with Crippen molar-refractivity contribution in [1.82, 2.24) is 10.4 Å². The zero-order valence-corrected chi connectivity index (χ0v) is 7.99. The van der Waals surface area contributed by atoms with Gasteiger partial charge in [0.25, 0.3) is 0 Å². The molecule has 0 unspecified atom stereocenters. The van der Waals surface area contributed by atoms with Crippen molar-refractivity contribution < 1.29 is 9.53 Å². The van der Waals surface area contributed by atoms with Gasteiger partial charge in [-0.3, -0.25) is 4.79 Å². The van der Waals surface area contributed by atoms with E-state index in [0.29, 0.717) is 12.4 Å². The third kappa shape index (κ3) is 3.86. The smallest absolute Gasteiger partial charge is 0.321 e. The number of hydrogen-bond acceptors (Lipinski definition) is 5. The Balaban J connectivity index is 2.19. The van der Waals surface area contributed by atoms with Crippen molar-refractivity contribution in [2.75, 3.05) is 18.6 Å². The molecule has 1 heterocycles. The molecule has 2 N–H and O–H groups in total. The van der Waals surface area contributed by atoms with Crippen LogP contribution in [0.2, 0.25) is 0 Å². The van der Waals surface area contributed by atoms with Gasteiger partial charge >= 0.3 is 5.97 Å². The number of pyridine rings is 1. The van der Waals surface area contributed by atoms with E-state index in [9.17, 15) is 4.79 Å². The molecule has 76 valence electrons. The minimum absolute atomic E-state index is 0.115. The zero-order chi connectivity index (χ0) is 10.2. The molecule has 0 atom stereocenters. The minimum atomic E-state index is -0.295. The third-order valence-electron chi connectivity index (χ3n) is 1.42. The molecular formula is C9H13N3O2. The molecule has 0 spiro atoms. The van der Waals surface area contributed by atoms with Crippen LogP contribution in [0.15, 0.2) is 24.4 Å². The number of nitrogens with one attached hydrogen (secondary N) is 2. The second-order valence-corrected chi connectivity index (χ2v) is 2.50. The van der Waals surface area contributed by atoms with Crippen LogP contribution in [0.3, 0.4) is 0 Å². The van der Waals surface area contributed by atoms with Crippen LogP contribution in [0.1, 0.15) is 6.92 Å². The van der Waals surface area contributed by atoms with Crippen molar-refractivity contribution in [2.24, 2.45) is 0 Å². The number of esters is 1. The summed E-state index contributed by atoms with van der Waals surface area (Å²) >= 11 is 0. The summed E-state index contributed by atoms with van der Waals surface area (Å²) in [6, 6.07) is 5.45. The number of anilines is 1. The van der Waals surface area contributed by atoms with Crippen molar-refractivity contribution in [3.63, 3.8) is 0 Å². The molecular weight excluding hydrogens is 182 g/mol. The van der Waals surface area contributed by atoms with E-state index < -0.39 is 0 Å². The first kappa shape index (κ1) is 10.5. The highest BCUT2D eigenvalue weighted by Gasteiger charge is 1.99. The number of carbonyl (C=O) groups is 1. The highest BCUT2D eigenvalue weighted by Crippen LogP contribution is 1.96. The van der Waals surface area contributed by atoms with E-state index in [1.807, 2.05) is 12.1 Å². The lowest BCUT2D eigenvalue weighted by atomic mass is 10.5. The average Bonchev–Trinajstić information content (AvgIpc) is 2.20. The molecule has 0 saturated heterocycles. The fourth-order valence-electron chi connectivity index (χ4n) is 0.856. The maximum Gasteiger partial charge on any atom is 0.321 e. The lowest BCUT2D eigenvalue weighted by Gasteiger charge is -2.06. The Labute approximate surface area is 82.5 Å². The molecule has 0 amide bonds. The second-order valence-electron chi connectivity index (χ2n) is 2.50. The summed E-state index contributed by atoms with van der Waals surface area (Å²) in [4.78, 5) is 14.9. The maximum atomic E-state index is 10.9. The van der Waals surface area contributed by atoms with Crippen LogP contribution in [-0.2, 0) is 9.53 Å². The molecule has 1 aromatic rings. The number of hydrazine groups is 1. The lowest BCUT2D eigenvalue weighted by molar-refractivity contribution is -0.141. The van der Waals surface area contributed by atoms with E-state index in [-0.39, 0.29) is 12.5 Å². The van der Waals surface area contributed by atoms with E-state index in [0.717, 1.165) is 0 Å². The number of ether oxygens (including phenoxy) is 1. The molecule has 5 nitrogen and oxygen atoms in total. The molecule has 0 aliphatic rings. The van der Waals surface area contributed by atoms with E-state index in [4.69, 9.17) is 4.74 Å². The van der Waals surface area contributed by atoms with Crippen molar-refractivity contribution in [3.05, 3.63) is 24.4 Å². The number of carbonyl (C=O) groups excluding carboxylic acids is 1. The van der Waals surface area contributed by atoms with Gasteiger partial charge in [0.1, 0.15) is 12.4 Å². The molecule has 0 fully saturated rings. The molecule has 0 aliphatic heterocycles.